The number of rotatable bonds is 2. The largest absolute Gasteiger partial charge is 0.325 e. The van der Waals surface area contributed by atoms with Gasteiger partial charge in [-0.05, 0) is 26.2 Å². The van der Waals surface area contributed by atoms with E-state index in [0.29, 0.717) is 0 Å². The van der Waals surface area contributed by atoms with E-state index in [0.717, 1.165) is 0 Å². The van der Waals surface area contributed by atoms with E-state index < -0.39 is 11.0 Å². The molecule has 0 saturated heterocycles. The lowest BCUT2D eigenvalue weighted by atomic mass is 9.56. The highest BCUT2D eigenvalue weighted by molar-refractivity contribution is 5.84. The summed E-state index contributed by atoms with van der Waals surface area (Å²) in [6.45, 7) is 13.6. The molecule has 0 bridgehead atoms. The van der Waals surface area contributed by atoms with E-state index in [1.54, 1.807) is 6.92 Å². The topological polar surface area (TPSA) is 43.1 Å². The number of nitrogens with two attached hydrogens (primary N) is 1. The molecule has 0 aromatic carbocycles. The Morgan fingerprint density at radius 2 is 1.31 bits per heavy atom. The molecule has 0 amide bonds. The molecule has 2 N–H and O–H groups in total. The van der Waals surface area contributed by atoms with Crippen LogP contribution in [0.2, 0.25) is 0 Å². The summed E-state index contributed by atoms with van der Waals surface area (Å²) in [4.78, 5) is 11.7. The lowest BCUT2D eigenvalue weighted by Gasteiger charge is -2.49. The number of Topliss-reactive ketones (excluding diaryl/α,β-unsaturated/α-hetero) is 1. The Morgan fingerprint density at radius 1 is 1.00 bits per heavy atom. The summed E-state index contributed by atoms with van der Waals surface area (Å²) in [5.41, 5.74) is 4.99. The summed E-state index contributed by atoms with van der Waals surface area (Å²) in [5.74, 6) is 0.160. The van der Waals surface area contributed by atoms with E-state index in [1.165, 1.54) is 0 Å². The van der Waals surface area contributed by atoms with E-state index in [1.807, 2.05) is 20.8 Å². The summed E-state index contributed by atoms with van der Waals surface area (Å²) >= 11 is 0. The number of carbonyl (C=O) groups is 1. The van der Waals surface area contributed by atoms with Crippen LogP contribution in [0, 0.1) is 10.8 Å². The molecule has 0 aromatic rings. The van der Waals surface area contributed by atoms with Crippen molar-refractivity contribution in [3.05, 3.63) is 0 Å². The zero-order valence-electron chi connectivity index (χ0n) is 9.99. The van der Waals surface area contributed by atoms with Crippen molar-refractivity contribution in [3.63, 3.8) is 0 Å². The van der Waals surface area contributed by atoms with Crippen LogP contribution in [0.5, 0.6) is 0 Å². The predicted molar refractivity (Wildman–Crippen MR) is 56.5 cm³/mol. The molecule has 13 heavy (non-hydrogen) atoms. The molecule has 1 atom stereocenters. The minimum absolute atomic E-state index is 0.114. The lowest BCUT2D eigenvalue weighted by Crippen LogP contribution is -2.59. The Bertz CT molecular complexity index is 191. The van der Waals surface area contributed by atoms with Crippen molar-refractivity contribution in [2.45, 2.75) is 54.0 Å². The lowest BCUT2D eigenvalue weighted by molar-refractivity contribution is -0.136. The fourth-order valence-electron chi connectivity index (χ4n) is 1.95. The van der Waals surface area contributed by atoms with Crippen molar-refractivity contribution in [2.75, 3.05) is 0 Å². The van der Waals surface area contributed by atoms with Gasteiger partial charge in [0.15, 0.2) is 0 Å². The van der Waals surface area contributed by atoms with Gasteiger partial charge in [-0.15, -0.1) is 0 Å². The van der Waals surface area contributed by atoms with Gasteiger partial charge in [-0.3, -0.25) is 4.79 Å². The van der Waals surface area contributed by atoms with Crippen LogP contribution in [0.15, 0.2) is 0 Å². The van der Waals surface area contributed by atoms with Gasteiger partial charge in [0.2, 0.25) is 0 Å². The maximum Gasteiger partial charge on any atom is 0.138 e. The van der Waals surface area contributed by atoms with E-state index in [9.17, 15) is 4.79 Å². The number of hydrogen-bond acceptors (Lipinski definition) is 2. The van der Waals surface area contributed by atoms with Crippen LogP contribution in [0.1, 0.15) is 48.5 Å². The molecule has 0 aliphatic carbocycles. The van der Waals surface area contributed by atoms with Gasteiger partial charge in [-0.1, -0.05) is 27.7 Å². The van der Waals surface area contributed by atoms with Crippen LogP contribution in [0.25, 0.3) is 0 Å². The van der Waals surface area contributed by atoms with Crippen molar-refractivity contribution in [3.8, 4) is 0 Å². The molecule has 0 aromatic heterocycles. The SMILES string of the molecule is CC(=O)C(C)(C(C)(C)C)C(C)(C)N. The quantitative estimate of drug-likeness (QED) is 0.717. The molecule has 1 unspecified atom stereocenters. The predicted octanol–water partition coefficient (Wildman–Crippen LogP) is 2.37. The molecule has 0 fully saturated rings. The van der Waals surface area contributed by atoms with Crippen molar-refractivity contribution in [1.82, 2.24) is 0 Å². The smallest absolute Gasteiger partial charge is 0.138 e. The molecular formula is C11H23NO. The van der Waals surface area contributed by atoms with Gasteiger partial charge in [0.1, 0.15) is 5.78 Å². The highest BCUT2D eigenvalue weighted by Gasteiger charge is 2.50. The maximum atomic E-state index is 11.7. The average Bonchev–Trinajstić information content (AvgIpc) is 1.80. The zero-order valence-corrected chi connectivity index (χ0v) is 9.99. The Hall–Kier alpha value is -0.370. The standard InChI is InChI=1S/C11H23NO/c1-8(13)11(7,9(2,3)4)10(5,6)12/h12H2,1-7H3. The van der Waals surface area contributed by atoms with Crippen LogP contribution in [0.3, 0.4) is 0 Å². The third-order valence-corrected chi connectivity index (χ3v) is 3.49. The minimum Gasteiger partial charge on any atom is -0.325 e. The number of hydrogen-bond donors (Lipinski definition) is 1. The molecular weight excluding hydrogens is 162 g/mol. The Labute approximate surface area is 81.9 Å². The van der Waals surface area contributed by atoms with Gasteiger partial charge in [-0.2, -0.15) is 0 Å². The second-order valence-electron chi connectivity index (χ2n) is 5.65. The number of ketones is 1. The van der Waals surface area contributed by atoms with Gasteiger partial charge < -0.3 is 5.73 Å². The van der Waals surface area contributed by atoms with Gasteiger partial charge in [0.25, 0.3) is 0 Å². The molecule has 2 heteroatoms. The molecule has 0 radical (unpaired) electrons. The van der Waals surface area contributed by atoms with E-state index >= 15 is 0 Å². The van der Waals surface area contributed by atoms with Crippen molar-refractivity contribution in [1.29, 1.82) is 0 Å². The van der Waals surface area contributed by atoms with Crippen LogP contribution in [-0.2, 0) is 4.79 Å². The molecule has 0 saturated carbocycles. The molecule has 2 nitrogen and oxygen atoms in total. The third kappa shape index (κ3) is 1.93. The summed E-state index contributed by atoms with van der Waals surface area (Å²) in [7, 11) is 0. The van der Waals surface area contributed by atoms with E-state index in [4.69, 9.17) is 5.73 Å². The number of carbonyl (C=O) groups excluding carboxylic acids is 1. The summed E-state index contributed by atoms with van der Waals surface area (Å²) < 4.78 is 0. The fourth-order valence-corrected chi connectivity index (χ4v) is 1.95. The summed E-state index contributed by atoms with van der Waals surface area (Å²) in [5, 5.41) is 0. The highest BCUT2D eigenvalue weighted by atomic mass is 16.1. The van der Waals surface area contributed by atoms with Gasteiger partial charge in [-0.25, -0.2) is 0 Å². The van der Waals surface area contributed by atoms with Gasteiger partial charge in [0, 0.05) is 11.0 Å². The van der Waals surface area contributed by atoms with Crippen LogP contribution >= 0.6 is 0 Å². The fraction of sp³-hybridized carbons (Fsp3) is 0.909. The first-order valence-corrected chi connectivity index (χ1v) is 4.74. The summed E-state index contributed by atoms with van der Waals surface area (Å²) in [6, 6.07) is 0. The molecule has 0 heterocycles. The first-order valence-electron chi connectivity index (χ1n) is 4.74. The monoisotopic (exact) mass is 185 g/mol. The van der Waals surface area contributed by atoms with Crippen LogP contribution in [0.4, 0.5) is 0 Å². The average molecular weight is 185 g/mol. The van der Waals surface area contributed by atoms with Crippen LogP contribution < -0.4 is 5.73 Å². The van der Waals surface area contributed by atoms with Gasteiger partial charge in [0.05, 0.1) is 0 Å². The Morgan fingerprint density at radius 3 is 1.31 bits per heavy atom. The van der Waals surface area contributed by atoms with Crippen LogP contribution in [-0.4, -0.2) is 11.3 Å². The van der Waals surface area contributed by atoms with Gasteiger partial charge >= 0.3 is 0 Å². The van der Waals surface area contributed by atoms with Crippen molar-refractivity contribution >= 4 is 5.78 Å². The van der Waals surface area contributed by atoms with Crippen molar-refractivity contribution < 1.29 is 4.79 Å². The molecule has 78 valence electrons. The van der Waals surface area contributed by atoms with E-state index in [-0.39, 0.29) is 11.2 Å². The summed E-state index contributed by atoms with van der Waals surface area (Å²) in [6.07, 6.45) is 0. The second kappa shape index (κ2) is 3.09. The second-order valence-corrected chi connectivity index (χ2v) is 5.65. The first-order chi connectivity index (χ1) is 5.44. The van der Waals surface area contributed by atoms with Crippen molar-refractivity contribution in [2.24, 2.45) is 16.6 Å². The first kappa shape index (κ1) is 12.6. The molecule has 0 aliphatic heterocycles. The van der Waals surface area contributed by atoms with E-state index in [2.05, 4.69) is 20.8 Å². The zero-order chi connectivity index (χ0) is 11.1. The normalized spacial score (nSPS) is 18.2. The third-order valence-electron chi connectivity index (χ3n) is 3.49. The Balaban J connectivity index is 5.35. The highest BCUT2D eigenvalue weighted by Crippen LogP contribution is 2.46. The molecule has 0 rings (SSSR count). The minimum atomic E-state index is -0.489. The molecule has 0 aliphatic rings. The Kier molecular flexibility index (Phi) is 3.00. The molecule has 0 spiro atoms. The maximum absolute atomic E-state index is 11.7.